The monoisotopic (exact) mass is 335 g/mol. The van der Waals surface area contributed by atoms with Crippen molar-refractivity contribution < 1.29 is 9.59 Å². The molecule has 0 bridgehead atoms. The van der Waals surface area contributed by atoms with Crippen molar-refractivity contribution in [2.24, 2.45) is 17.6 Å². The van der Waals surface area contributed by atoms with E-state index in [-0.39, 0.29) is 17.7 Å². The number of aryl methyl sites for hydroxylation is 1. The predicted molar refractivity (Wildman–Crippen MR) is 91.4 cm³/mol. The fraction of sp³-hybridized carbons (Fsp3) is 0.647. The average Bonchev–Trinajstić information content (AvgIpc) is 3.22. The lowest BCUT2D eigenvalue weighted by Gasteiger charge is -2.36. The number of carbonyl (C=O) groups is 2. The van der Waals surface area contributed by atoms with E-state index in [4.69, 9.17) is 5.73 Å². The molecular weight excluding hydrogens is 310 g/mol. The molecule has 0 unspecified atom stereocenters. The molecule has 5 nitrogen and oxygen atoms in total. The second kappa shape index (κ2) is 7.01. The van der Waals surface area contributed by atoms with Crippen LogP contribution in [0.5, 0.6) is 0 Å². The van der Waals surface area contributed by atoms with Crippen molar-refractivity contribution in [3.05, 3.63) is 21.9 Å². The van der Waals surface area contributed by atoms with Crippen LogP contribution < -0.4 is 5.73 Å². The highest BCUT2D eigenvalue weighted by atomic mass is 32.1. The number of carbonyl (C=O) groups excluding carboxylic acids is 2. The van der Waals surface area contributed by atoms with Gasteiger partial charge in [0, 0.05) is 37.0 Å². The SMILES string of the molecule is Cc1ccc(C(=O)N2CCN(C(=O)[C@@H]3CCC[C@@H]3CN)CC2)s1. The minimum absolute atomic E-state index is 0.0934. The Hall–Kier alpha value is -1.40. The third kappa shape index (κ3) is 3.43. The lowest BCUT2D eigenvalue weighted by atomic mass is 9.94. The molecule has 2 aliphatic rings. The molecule has 2 atom stereocenters. The van der Waals surface area contributed by atoms with Crippen molar-refractivity contribution in [1.29, 1.82) is 0 Å². The van der Waals surface area contributed by atoms with Crippen molar-refractivity contribution in [3.8, 4) is 0 Å². The van der Waals surface area contributed by atoms with Crippen LogP contribution in [0.15, 0.2) is 12.1 Å². The summed E-state index contributed by atoms with van der Waals surface area (Å²) in [7, 11) is 0. The molecule has 1 aromatic rings. The van der Waals surface area contributed by atoms with Gasteiger partial charge in [-0.3, -0.25) is 9.59 Å². The lowest BCUT2D eigenvalue weighted by molar-refractivity contribution is -0.138. The Morgan fingerprint density at radius 2 is 1.87 bits per heavy atom. The van der Waals surface area contributed by atoms with Crippen LogP contribution in [-0.4, -0.2) is 54.3 Å². The van der Waals surface area contributed by atoms with Crippen LogP contribution in [0.25, 0.3) is 0 Å². The molecule has 2 N–H and O–H groups in total. The van der Waals surface area contributed by atoms with E-state index in [0.717, 1.165) is 29.0 Å². The lowest BCUT2D eigenvalue weighted by Crippen LogP contribution is -2.52. The maximum atomic E-state index is 12.7. The number of hydrogen-bond acceptors (Lipinski definition) is 4. The van der Waals surface area contributed by atoms with Gasteiger partial charge in [-0.2, -0.15) is 0 Å². The van der Waals surface area contributed by atoms with Gasteiger partial charge >= 0.3 is 0 Å². The van der Waals surface area contributed by atoms with E-state index < -0.39 is 0 Å². The molecule has 1 saturated heterocycles. The van der Waals surface area contributed by atoms with E-state index in [1.54, 1.807) is 0 Å². The molecule has 1 saturated carbocycles. The number of thiophene rings is 1. The summed E-state index contributed by atoms with van der Waals surface area (Å²) in [6, 6.07) is 3.87. The van der Waals surface area contributed by atoms with Crippen LogP contribution in [0.2, 0.25) is 0 Å². The Kier molecular flexibility index (Phi) is 5.02. The van der Waals surface area contributed by atoms with Crippen LogP contribution in [0.3, 0.4) is 0 Å². The maximum Gasteiger partial charge on any atom is 0.264 e. The zero-order valence-electron chi connectivity index (χ0n) is 13.7. The molecule has 2 amide bonds. The maximum absolute atomic E-state index is 12.7. The van der Waals surface area contributed by atoms with Crippen molar-refractivity contribution in [2.75, 3.05) is 32.7 Å². The summed E-state index contributed by atoms with van der Waals surface area (Å²) in [5.74, 6) is 0.784. The Bertz CT molecular complexity index is 578. The Morgan fingerprint density at radius 1 is 1.17 bits per heavy atom. The van der Waals surface area contributed by atoms with Crippen molar-refractivity contribution in [2.45, 2.75) is 26.2 Å². The average molecular weight is 335 g/mol. The summed E-state index contributed by atoms with van der Waals surface area (Å²) in [5.41, 5.74) is 5.80. The predicted octanol–water partition coefficient (Wildman–Crippen LogP) is 1.72. The minimum Gasteiger partial charge on any atom is -0.339 e. The smallest absolute Gasteiger partial charge is 0.264 e. The third-order valence-electron chi connectivity index (χ3n) is 5.11. The number of rotatable bonds is 3. The quantitative estimate of drug-likeness (QED) is 0.914. The summed E-state index contributed by atoms with van der Waals surface area (Å²) in [6.07, 6.45) is 3.14. The zero-order chi connectivity index (χ0) is 16.4. The highest BCUT2D eigenvalue weighted by Crippen LogP contribution is 2.32. The van der Waals surface area contributed by atoms with Crippen LogP contribution >= 0.6 is 11.3 Å². The van der Waals surface area contributed by atoms with Crippen LogP contribution in [0.4, 0.5) is 0 Å². The molecule has 1 aliphatic heterocycles. The molecule has 6 heteroatoms. The summed E-state index contributed by atoms with van der Waals surface area (Å²) >= 11 is 1.53. The first kappa shape index (κ1) is 16.5. The molecule has 1 aliphatic carbocycles. The summed E-state index contributed by atoms with van der Waals surface area (Å²) in [6.45, 7) is 5.15. The normalized spacial score (nSPS) is 25.0. The van der Waals surface area contributed by atoms with Crippen LogP contribution in [0.1, 0.15) is 33.8 Å². The van der Waals surface area contributed by atoms with Crippen molar-refractivity contribution in [3.63, 3.8) is 0 Å². The fourth-order valence-corrected chi connectivity index (χ4v) is 4.55. The van der Waals surface area contributed by atoms with E-state index in [2.05, 4.69) is 0 Å². The summed E-state index contributed by atoms with van der Waals surface area (Å²) in [5, 5.41) is 0. The van der Waals surface area contributed by atoms with Gasteiger partial charge in [0.1, 0.15) is 0 Å². The van der Waals surface area contributed by atoms with Gasteiger partial charge in [-0.1, -0.05) is 6.42 Å². The first-order valence-corrected chi connectivity index (χ1v) is 9.26. The van der Waals surface area contributed by atoms with Gasteiger partial charge < -0.3 is 15.5 Å². The number of amides is 2. The number of nitrogens with zero attached hydrogens (tertiary/aromatic N) is 2. The Balaban J connectivity index is 1.56. The van der Waals surface area contributed by atoms with Crippen LogP contribution in [-0.2, 0) is 4.79 Å². The third-order valence-corrected chi connectivity index (χ3v) is 6.10. The molecule has 23 heavy (non-hydrogen) atoms. The minimum atomic E-state index is 0.0934. The highest BCUT2D eigenvalue weighted by Gasteiger charge is 2.36. The second-order valence-electron chi connectivity index (χ2n) is 6.56. The van der Waals surface area contributed by atoms with E-state index in [1.165, 1.54) is 11.3 Å². The molecule has 0 spiro atoms. The summed E-state index contributed by atoms with van der Waals surface area (Å²) in [4.78, 5) is 30.9. The molecule has 2 fully saturated rings. The summed E-state index contributed by atoms with van der Waals surface area (Å²) < 4.78 is 0. The zero-order valence-corrected chi connectivity index (χ0v) is 14.5. The van der Waals surface area contributed by atoms with E-state index >= 15 is 0 Å². The molecule has 0 aromatic carbocycles. The van der Waals surface area contributed by atoms with Gasteiger partial charge in [0.15, 0.2) is 0 Å². The standard InChI is InChI=1S/C17H25N3O2S/c1-12-5-6-15(23-12)17(22)20-9-7-19(8-10-20)16(21)14-4-2-3-13(14)11-18/h5-6,13-14H,2-4,7-11,18H2,1H3/t13-,14-/m1/s1. The number of hydrogen-bond donors (Lipinski definition) is 1. The van der Waals surface area contributed by atoms with E-state index in [1.807, 2.05) is 28.9 Å². The first-order valence-electron chi connectivity index (χ1n) is 8.44. The topological polar surface area (TPSA) is 66.6 Å². The van der Waals surface area contributed by atoms with Crippen LogP contribution in [0, 0.1) is 18.8 Å². The highest BCUT2D eigenvalue weighted by molar-refractivity contribution is 7.13. The molecule has 0 radical (unpaired) electrons. The first-order chi connectivity index (χ1) is 11.1. The largest absolute Gasteiger partial charge is 0.339 e. The van der Waals surface area contributed by atoms with E-state index in [0.29, 0.717) is 38.6 Å². The molecule has 3 rings (SSSR count). The molecule has 2 heterocycles. The number of piperazine rings is 1. The van der Waals surface area contributed by atoms with Gasteiger partial charge in [-0.25, -0.2) is 0 Å². The van der Waals surface area contributed by atoms with Gasteiger partial charge in [-0.15, -0.1) is 11.3 Å². The molecular formula is C17H25N3O2S. The fourth-order valence-electron chi connectivity index (χ4n) is 3.71. The van der Waals surface area contributed by atoms with Gasteiger partial charge in [0.05, 0.1) is 4.88 Å². The Morgan fingerprint density at radius 3 is 2.48 bits per heavy atom. The van der Waals surface area contributed by atoms with Gasteiger partial charge in [0.25, 0.3) is 5.91 Å². The second-order valence-corrected chi connectivity index (χ2v) is 7.85. The van der Waals surface area contributed by atoms with Crippen molar-refractivity contribution >= 4 is 23.2 Å². The van der Waals surface area contributed by atoms with Gasteiger partial charge in [0.2, 0.25) is 5.91 Å². The molecule has 1 aromatic heterocycles. The van der Waals surface area contributed by atoms with Gasteiger partial charge in [-0.05, 0) is 44.4 Å². The van der Waals surface area contributed by atoms with E-state index in [9.17, 15) is 9.59 Å². The molecule has 126 valence electrons. The van der Waals surface area contributed by atoms with Crippen molar-refractivity contribution in [1.82, 2.24) is 9.80 Å². The number of nitrogens with two attached hydrogens (primary N) is 1. The Labute approximate surface area is 141 Å².